The van der Waals surface area contributed by atoms with E-state index in [0.29, 0.717) is 4.73 Å². The molecule has 6 nitrogen and oxygen atoms in total. The molecule has 1 heterocycles. The Balaban J connectivity index is 0.00000341. The Morgan fingerprint density at radius 3 is 2.13 bits per heavy atom. The second-order valence-electron chi connectivity index (χ2n) is 7.78. The van der Waals surface area contributed by atoms with E-state index in [1.54, 1.807) is 12.1 Å². The second-order valence-corrected chi connectivity index (χ2v) is 9.82. The van der Waals surface area contributed by atoms with Crippen molar-refractivity contribution in [3.8, 4) is 0 Å². The number of hydrogen-bond donors (Lipinski definition) is 0. The van der Waals surface area contributed by atoms with E-state index in [4.69, 9.17) is 11.6 Å². The van der Waals surface area contributed by atoms with Crippen LogP contribution in [0.5, 0.6) is 0 Å². The van der Waals surface area contributed by atoms with Crippen LogP contribution < -0.4 is 34.3 Å². The molecule has 0 saturated heterocycles. The number of rotatable bonds is 5. The summed E-state index contributed by atoms with van der Waals surface area (Å²) in [5.74, 6) is -0.491. The smallest absolute Gasteiger partial charge is 0.619 e. The van der Waals surface area contributed by atoms with Crippen molar-refractivity contribution in [2.75, 3.05) is 0 Å². The molecular weight excluding hydrogens is 447 g/mol. The van der Waals surface area contributed by atoms with Gasteiger partial charge in [0, 0.05) is 28.3 Å². The van der Waals surface area contributed by atoms with Crippen molar-refractivity contribution in [3.63, 3.8) is 0 Å². The number of aromatic nitrogens is 1. The first kappa shape index (κ1) is 25.4. The van der Waals surface area contributed by atoms with Crippen LogP contribution >= 0.6 is 11.6 Å². The van der Waals surface area contributed by atoms with E-state index in [-0.39, 0.29) is 61.7 Å². The molecule has 0 aliphatic rings. The summed E-state index contributed by atoms with van der Waals surface area (Å²) < 4.78 is 30.1. The quantitative estimate of drug-likeness (QED) is 0.248. The summed E-state index contributed by atoms with van der Waals surface area (Å²) in [5.41, 5.74) is 1.09. The monoisotopic (exact) mass is 466 g/mol. The van der Waals surface area contributed by atoms with Crippen LogP contribution in [-0.4, -0.2) is 14.2 Å². The molecule has 0 aliphatic heterocycles. The van der Waals surface area contributed by atoms with Gasteiger partial charge in [-0.25, -0.2) is 8.42 Å². The molecule has 0 radical (unpaired) electrons. The fourth-order valence-electron chi connectivity index (χ4n) is 2.80. The van der Waals surface area contributed by atoms with Crippen LogP contribution in [0, 0.1) is 5.21 Å². The Hall–Kier alpha value is -1.90. The minimum atomic E-state index is -4.06. The van der Waals surface area contributed by atoms with Gasteiger partial charge in [0.15, 0.2) is 18.2 Å². The van der Waals surface area contributed by atoms with Crippen LogP contribution in [0.3, 0.4) is 0 Å². The molecule has 0 spiro atoms. The van der Waals surface area contributed by atoms with Gasteiger partial charge in [-0.2, -0.15) is 4.73 Å². The van der Waals surface area contributed by atoms with E-state index in [2.05, 4.69) is 4.72 Å². The van der Waals surface area contributed by atoms with Crippen LogP contribution in [0.1, 0.15) is 42.3 Å². The number of benzene rings is 2. The zero-order valence-electron chi connectivity index (χ0n) is 17.7. The first-order valence-corrected chi connectivity index (χ1v) is 10.9. The fourth-order valence-corrected chi connectivity index (χ4v) is 3.97. The van der Waals surface area contributed by atoms with E-state index < -0.39 is 15.8 Å². The van der Waals surface area contributed by atoms with Crippen LogP contribution in [0.2, 0.25) is 5.02 Å². The van der Waals surface area contributed by atoms with Gasteiger partial charge in [-0.1, -0.05) is 50.6 Å². The van der Waals surface area contributed by atoms with E-state index in [0.717, 1.165) is 5.56 Å². The first-order chi connectivity index (χ1) is 14.0. The summed E-state index contributed by atoms with van der Waals surface area (Å²) in [6.45, 7) is 6.10. The molecule has 1 aromatic heterocycles. The summed E-state index contributed by atoms with van der Waals surface area (Å²) in [6, 6.07) is 13.4. The number of sulfonamides is 1. The summed E-state index contributed by atoms with van der Waals surface area (Å²) in [4.78, 5) is 12.9. The van der Waals surface area contributed by atoms with Crippen molar-refractivity contribution >= 4 is 33.1 Å². The topological polar surface area (TPSA) is 92.2 Å². The molecule has 0 saturated carbocycles. The zero-order valence-corrected chi connectivity index (χ0v) is 21.2. The van der Waals surface area contributed by atoms with Gasteiger partial charge in [-0.05, 0) is 35.2 Å². The number of pyridine rings is 1. The fraction of sp³-hybridized carbons (Fsp3) is 0.182. The predicted molar refractivity (Wildman–Crippen MR) is 116 cm³/mol. The van der Waals surface area contributed by atoms with Crippen molar-refractivity contribution in [3.05, 3.63) is 98.6 Å². The van der Waals surface area contributed by atoms with Gasteiger partial charge < -0.3 is 9.93 Å². The van der Waals surface area contributed by atoms with Gasteiger partial charge in [0.1, 0.15) is 10.0 Å². The average Bonchev–Trinajstić information content (AvgIpc) is 2.69. The van der Waals surface area contributed by atoms with E-state index in [9.17, 15) is 18.4 Å². The van der Waals surface area contributed by atoms with Gasteiger partial charge in [0.25, 0.3) is 0 Å². The van der Waals surface area contributed by atoms with Gasteiger partial charge in [0.2, 0.25) is 0 Å². The molecule has 0 atom stereocenters. The third-order valence-electron chi connectivity index (χ3n) is 4.50. The number of carbonyl (C=O) groups excluding carboxylic acids is 1. The summed E-state index contributed by atoms with van der Waals surface area (Å²) >= 11 is 6.02. The molecular formula is C22H20ClN2NaO4S. The van der Waals surface area contributed by atoms with Crippen molar-refractivity contribution in [1.82, 2.24) is 0 Å². The Morgan fingerprint density at radius 2 is 1.58 bits per heavy atom. The molecule has 3 aromatic rings. The number of carbonyl (C=O) groups is 1. The second kappa shape index (κ2) is 9.71. The number of ketones is 1. The third kappa shape index (κ3) is 6.08. The van der Waals surface area contributed by atoms with E-state index >= 15 is 0 Å². The molecule has 0 N–H and O–H groups in total. The van der Waals surface area contributed by atoms with Crippen molar-refractivity contribution in [2.45, 2.75) is 31.1 Å². The normalized spacial score (nSPS) is 11.5. The molecule has 2 aromatic carbocycles. The number of nitrogens with zero attached hydrogens (tertiary/aromatic N) is 2. The Labute approximate surface area is 209 Å². The molecule has 0 amide bonds. The molecule has 156 valence electrons. The molecule has 0 bridgehead atoms. The summed E-state index contributed by atoms with van der Waals surface area (Å²) in [5, 5.41) is 11.5. The molecule has 3 rings (SSSR count). The van der Waals surface area contributed by atoms with Crippen LogP contribution in [0.25, 0.3) is 4.72 Å². The van der Waals surface area contributed by atoms with Crippen molar-refractivity contribution < 1.29 is 47.5 Å². The zero-order chi connectivity index (χ0) is 22.1. The van der Waals surface area contributed by atoms with Gasteiger partial charge >= 0.3 is 29.6 Å². The van der Waals surface area contributed by atoms with E-state index in [1.807, 2.05) is 20.8 Å². The minimum Gasteiger partial charge on any atom is -0.619 e. The van der Waals surface area contributed by atoms with E-state index in [1.165, 1.54) is 54.9 Å². The third-order valence-corrected chi connectivity index (χ3v) is 6.04. The summed E-state index contributed by atoms with van der Waals surface area (Å²) in [7, 11) is -4.06. The Kier molecular flexibility index (Phi) is 7.94. The number of hydrogen-bond acceptors (Lipinski definition) is 4. The Morgan fingerprint density at radius 1 is 1.00 bits per heavy atom. The summed E-state index contributed by atoms with van der Waals surface area (Å²) in [6.07, 6.45) is 2.37. The number of halogens is 1. The van der Waals surface area contributed by atoms with Gasteiger partial charge in [-0.3, -0.25) is 4.79 Å². The molecule has 9 heteroatoms. The maximum atomic E-state index is 12.9. The van der Waals surface area contributed by atoms with Crippen LogP contribution in [-0.2, 0) is 15.4 Å². The Bertz CT molecular complexity index is 1190. The predicted octanol–water partition coefficient (Wildman–Crippen LogP) is 1.90. The standard InChI is InChI=1S/C22H21ClN2O4S.Na/c1-22(2,3)16-4-7-18(8-5-16)30(28,29)24-20-9-6-17(23)14-19(20)21(26)15-10-12-25(27)13-11-15;/h4-14H,1-3H3,(H,24,26);/q;+1/p-1. The maximum Gasteiger partial charge on any atom is 1.00 e. The molecule has 0 unspecified atom stereocenters. The SMILES string of the molecule is CC(C)(C)c1ccc(S(=O)(=O)[N-]c2ccc(Cl)cc2C(=O)c2cc[n+]([O-])cc2)cc1.[Na+]. The average molecular weight is 467 g/mol. The van der Waals surface area contributed by atoms with Crippen LogP contribution in [0.15, 0.2) is 71.9 Å². The molecule has 0 aliphatic carbocycles. The minimum absolute atomic E-state index is 0. The van der Waals surface area contributed by atoms with Crippen LogP contribution in [0.4, 0.5) is 5.69 Å². The molecule has 31 heavy (non-hydrogen) atoms. The van der Waals surface area contributed by atoms with Crippen molar-refractivity contribution in [2.24, 2.45) is 0 Å². The first-order valence-electron chi connectivity index (χ1n) is 9.09. The molecule has 0 fully saturated rings. The maximum absolute atomic E-state index is 12.9. The van der Waals surface area contributed by atoms with Crippen molar-refractivity contribution in [1.29, 1.82) is 0 Å². The largest absolute Gasteiger partial charge is 1.00 e. The van der Waals surface area contributed by atoms with Gasteiger partial charge in [0.05, 0.1) is 4.90 Å². The van der Waals surface area contributed by atoms with Gasteiger partial charge in [-0.15, -0.1) is 5.69 Å².